The minimum absolute atomic E-state index is 0.0295. The van der Waals surface area contributed by atoms with Crippen LogP contribution in [0.3, 0.4) is 0 Å². The second-order valence-electron chi connectivity index (χ2n) is 6.40. The molecule has 0 spiro atoms. The van der Waals surface area contributed by atoms with Crippen LogP contribution in [0.2, 0.25) is 0 Å². The van der Waals surface area contributed by atoms with Gasteiger partial charge >= 0.3 is 0 Å². The molecule has 4 rings (SSSR count). The molecule has 130 valence electrons. The van der Waals surface area contributed by atoms with Gasteiger partial charge in [-0.15, -0.1) is 0 Å². The first-order valence-electron chi connectivity index (χ1n) is 8.22. The number of benzene rings is 1. The third-order valence-corrected chi connectivity index (χ3v) is 5.26. The number of morpholine rings is 1. The highest BCUT2D eigenvalue weighted by molar-refractivity contribution is 5.92. The van der Waals surface area contributed by atoms with Crippen LogP contribution in [0.15, 0.2) is 36.5 Å². The van der Waals surface area contributed by atoms with Gasteiger partial charge in [-0.1, -0.05) is 30.3 Å². The predicted octanol–water partition coefficient (Wildman–Crippen LogP) is 0.403. The second-order valence-corrected chi connectivity index (χ2v) is 6.40. The van der Waals surface area contributed by atoms with E-state index >= 15 is 0 Å². The largest absolute Gasteiger partial charge is 0.364 e. The van der Waals surface area contributed by atoms with Crippen LogP contribution in [0.4, 0.5) is 0 Å². The van der Waals surface area contributed by atoms with E-state index in [-0.39, 0.29) is 30.2 Å². The molecule has 0 aliphatic carbocycles. The number of aromatic nitrogens is 3. The summed E-state index contributed by atoms with van der Waals surface area (Å²) in [6, 6.07) is 9.90. The lowest BCUT2D eigenvalue weighted by Gasteiger charge is -2.54. The van der Waals surface area contributed by atoms with Crippen LogP contribution in [-0.4, -0.2) is 69.9 Å². The first-order valence-corrected chi connectivity index (χ1v) is 8.22. The van der Waals surface area contributed by atoms with E-state index in [1.807, 2.05) is 37.4 Å². The van der Waals surface area contributed by atoms with Crippen molar-refractivity contribution < 1.29 is 14.3 Å². The Morgan fingerprint density at radius 2 is 2.16 bits per heavy atom. The van der Waals surface area contributed by atoms with Crippen LogP contribution in [0, 0.1) is 0 Å². The van der Waals surface area contributed by atoms with Gasteiger partial charge in [0.05, 0.1) is 11.7 Å². The molecular weight excluding hydrogens is 322 g/mol. The van der Waals surface area contributed by atoms with Crippen LogP contribution in [0.5, 0.6) is 0 Å². The van der Waals surface area contributed by atoms with Gasteiger partial charge in [0, 0.05) is 20.1 Å². The Labute approximate surface area is 144 Å². The fourth-order valence-electron chi connectivity index (χ4n) is 3.88. The topological polar surface area (TPSA) is 91.4 Å². The number of likely N-dealkylation sites (tertiary alicyclic amines) is 1. The minimum Gasteiger partial charge on any atom is -0.364 e. The third-order valence-electron chi connectivity index (χ3n) is 5.26. The second kappa shape index (κ2) is 5.96. The van der Waals surface area contributed by atoms with Gasteiger partial charge < -0.3 is 14.5 Å². The predicted molar refractivity (Wildman–Crippen MR) is 87.5 cm³/mol. The Balaban J connectivity index is 1.67. The van der Waals surface area contributed by atoms with Crippen molar-refractivity contribution in [1.82, 2.24) is 25.2 Å². The number of carbonyl (C=O) groups excluding carboxylic acids is 2. The first-order chi connectivity index (χ1) is 12.1. The number of nitrogens with zero attached hydrogens (tertiary/aromatic N) is 4. The van der Waals surface area contributed by atoms with E-state index in [9.17, 15) is 9.59 Å². The summed E-state index contributed by atoms with van der Waals surface area (Å²) < 4.78 is 5.89. The van der Waals surface area contributed by atoms with Crippen molar-refractivity contribution in [1.29, 1.82) is 0 Å². The number of fused-ring (bicyclic) bond motifs is 1. The van der Waals surface area contributed by atoms with Crippen molar-refractivity contribution in [2.45, 2.75) is 18.1 Å². The summed E-state index contributed by atoms with van der Waals surface area (Å²) in [5, 5.41) is 10.0. The van der Waals surface area contributed by atoms with Crippen molar-refractivity contribution >= 4 is 11.8 Å². The van der Waals surface area contributed by atoms with E-state index in [0.717, 1.165) is 5.56 Å². The molecule has 1 aromatic heterocycles. The number of aromatic amines is 1. The molecule has 0 unspecified atom stereocenters. The monoisotopic (exact) mass is 341 g/mol. The standard InChI is InChI=1S/C17H19N5O3/c1-21-15(23)11-25-14-10-22(16(24)13-9-18-20-19-13)8-7-17(14,21)12-5-3-2-4-6-12/h2-6,9,14H,7-8,10-11H2,1H3,(H,18,19,20)/t14-,17+/m1/s1. The zero-order valence-corrected chi connectivity index (χ0v) is 13.9. The molecule has 2 aromatic rings. The summed E-state index contributed by atoms with van der Waals surface area (Å²) in [6.45, 7) is 0.942. The lowest BCUT2D eigenvalue weighted by molar-refractivity contribution is -0.180. The number of carbonyl (C=O) groups is 2. The SMILES string of the molecule is CN1C(=O)CO[C@@H]2CN(C(=O)c3cn[nH]n3)CC[C@]21c1ccccc1. The van der Waals surface area contributed by atoms with E-state index < -0.39 is 5.54 Å². The average Bonchev–Trinajstić information content (AvgIpc) is 3.19. The van der Waals surface area contributed by atoms with Crippen LogP contribution < -0.4 is 0 Å². The maximum absolute atomic E-state index is 12.6. The zero-order chi connectivity index (χ0) is 17.4. The molecule has 2 aliphatic rings. The van der Waals surface area contributed by atoms with Gasteiger partial charge in [-0.25, -0.2) is 0 Å². The van der Waals surface area contributed by atoms with E-state index in [1.165, 1.54) is 6.20 Å². The molecule has 1 N–H and O–H groups in total. The number of ether oxygens (including phenoxy) is 1. The fourth-order valence-corrected chi connectivity index (χ4v) is 3.88. The van der Waals surface area contributed by atoms with Crippen LogP contribution >= 0.6 is 0 Å². The zero-order valence-electron chi connectivity index (χ0n) is 13.9. The average molecular weight is 341 g/mol. The highest BCUT2D eigenvalue weighted by Crippen LogP contribution is 2.42. The number of nitrogens with one attached hydrogen (secondary N) is 1. The molecule has 8 heteroatoms. The Hall–Kier alpha value is -2.74. The Bertz CT molecular complexity index is 779. The Kier molecular flexibility index (Phi) is 3.76. The number of likely N-dealkylation sites (N-methyl/N-ethyl adjacent to an activating group) is 1. The highest BCUT2D eigenvalue weighted by Gasteiger charge is 2.53. The molecule has 2 aliphatic heterocycles. The number of hydrogen-bond acceptors (Lipinski definition) is 5. The lowest BCUT2D eigenvalue weighted by Crippen LogP contribution is -2.67. The molecule has 25 heavy (non-hydrogen) atoms. The molecular formula is C17H19N5O3. The van der Waals surface area contributed by atoms with Crippen molar-refractivity contribution in [2.24, 2.45) is 0 Å². The molecule has 0 saturated carbocycles. The van der Waals surface area contributed by atoms with Gasteiger partial charge in [0.1, 0.15) is 12.7 Å². The molecule has 1 aromatic carbocycles. The van der Waals surface area contributed by atoms with Crippen LogP contribution in [0.1, 0.15) is 22.5 Å². The van der Waals surface area contributed by atoms with Gasteiger partial charge in [-0.3, -0.25) is 9.59 Å². The maximum atomic E-state index is 12.6. The summed E-state index contributed by atoms with van der Waals surface area (Å²) in [6.07, 6.45) is 1.73. The third kappa shape index (κ3) is 2.41. The smallest absolute Gasteiger partial charge is 0.276 e. The van der Waals surface area contributed by atoms with E-state index in [2.05, 4.69) is 15.4 Å². The molecule has 2 fully saturated rings. The van der Waals surface area contributed by atoms with Gasteiger partial charge in [-0.2, -0.15) is 15.4 Å². The lowest BCUT2D eigenvalue weighted by atomic mass is 9.76. The fraction of sp³-hybridized carbons (Fsp3) is 0.412. The van der Waals surface area contributed by atoms with E-state index in [4.69, 9.17) is 4.74 Å². The van der Waals surface area contributed by atoms with Crippen molar-refractivity contribution in [2.75, 3.05) is 26.7 Å². The van der Waals surface area contributed by atoms with Crippen LogP contribution in [-0.2, 0) is 15.1 Å². The molecule has 3 heterocycles. The maximum Gasteiger partial charge on any atom is 0.276 e. The molecule has 0 radical (unpaired) electrons. The summed E-state index contributed by atoms with van der Waals surface area (Å²) in [7, 11) is 1.82. The Morgan fingerprint density at radius 1 is 1.36 bits per heavy atom. The summed E-state index contributed by atoms with van der Waals surface area (Å²) in [5.74, 6) is -0.227. The van der Waals surface area contributed by atoms with Crippen molar-refractivity contribution in [3.8, 4) is 0 Å². The normalized spacial score (nSPS) is 26.4. The molecule has 2 amide bonds. The molecule has 8 nitrogen and oxygen atoms in total. The first kappa shape index (κ1) is 15.8. The number of hydrogen-bond donors (Lipinski definition) is 1. The summed E-state index contributed by atoms with van der Waals surface area (Å²) in [5.41, 5.74) is 0.758. The van der Waals surface area contributed by atoms with Gasteiger partial charge in [-0.05, 0) is 12.0 Å². The number of rotatable bonds is 2. The number of H-pyrrole nitrogens is 1. The number of amides is 2. The quantitative estimate of drug-likeness (QED) is 0.854. The molecule has 2 saturated heterocycles. The number of piperidine rings is 1. The summed E-state index contributed by atoms with van der Waals surface area (Å²) in [4.78, 5) is 28.4. The summed E-state index contributed by atoms with van der Waals surface area (Å²) >= 11 is 0. The van der Waals surface area contributed by atoms with E-state index in [1.54, 1.807) is 9.80 Å². The van der Waals surface area contributed by atoms with E-state index in [0.29, 0.717) is 19.5 Å². The minimum atomic E-state index is -0.558. The van der Waals surface area contributed by atoms with Crippen LogP contribution in [0.25, 0.3) is 0 Å². The van der Waals surface area contributed by atoms with Crippen molar-refractivity contribution in [3.05, 3.63) is 47.8 Å². The molecule has 0 bridgehead atoms. The van der Waals surface area contributed by atoms with Gasteiger partial charge in [0.15, 0.2) is 5.69 Å². The van der Waals surface area contributed by atoms with Gasteiger partial charge in [0.25, 0.3) is 5.91 Å². The van der Waals surface area contributed by atoms with Crippen molar-refractivity contribution in [3.63, 3.8) is 0 Å². The molecule has 2 atom stereocenters. The Morgan fingerprint density at radius 3 is 2.88 bits per heavy atom. The van der Waals surface area contributed by atoms with Gasteiger partial charge in [0.2, 0.25) is 5.91 Å². The highest BCUT2D eigenvalue weighted by atomic mass is 16.5.